The molecule has 3 fully saturated rings. The zero-order valence-corrected chi connectivity index (χ0v) is 14.2. The Kier molecular flexibility index (Phi) is 4.50. The highest BCUT2D eigenvalue weighted by molar-refractivity contribution is 5.70. The van der Waals surface area contributed by atoms with Gasteiger partial charge in [0, 0.05) is 50.5 Å². The molecule has 1 atom stereocenters. The third kappa shape index (κ3) is 3.71. The van der Waals surface area contributed by atoms with Crippen LogP contribution in [-0.4, -0.2) is 67.3 Å². The number of nitrogens with zero attached hydrogens (tertiary/aromatic N) is 3. The average molecular weight is 351 g/mol. The van der Waals surface area contributed by atoms with Gasteiger partial charge in [0.25, 0.3) is 0 Å². The lowest BCUT2D eigenvalue weighted by atomic mass is 10.2. The van der Waals surface area contributed by atoms with E-state index in [1.807, 2.05) is 4.90 Å². The summed E-state index contributed by atoms with van der Waals surface area (Å²) in [6.45, 7) is 4.71. The van der Waals surface area contributed by atoms with Crippen LogP contribution in [0.25, 0.3) is 0 Å². The maximum Gasteiger partial charge on any atom is 0.410 e. The summed E-state index contributed by atoms with van der Waals surface area (Å²) in [4.78, 5) is 18.1. The largest absolute Gasteiger partial charge is 0.443 e. The molecule has 1 unspecified atom stereocenters. The van der Waals surface area contributed by atoms with Crippen molar-refractivity contribution < 1.29 is 18.3 Å². The third-order valence-electron chi connectivity index (χ3n) is 5.21. The van der Waals surface area contributed by atoms with E-state index in [1.165, 1.54) is 12.1 Å². The van der Waals surface area contributed by atoms with Gasteiger partial charge in [-0.1, -0.05) is 0 Å². The van der Waals surface area contributed by atoms with E-state index in [0.717, 1.165) is 52.0 Å². The molecule has 136 valence electrons. The molecule has 0 bridgehead atoms. The fourth-order valence-electron chi connectivity index (χ4n) is 3.70. The molecule has 2 heterocycles. The lowest BCUT2D eigenvalue weighted by Gasteiger charge is -2.24. The molecule has 2 aliphatic heterocycles. The molecule has 1 aromatic rings. The zero-order chi connectivity index (χ0) is 17.4. The molecule has 25 heavy (non-hydrogen) atoms. The Balaban J connectivity index is 1.32. The van der Waals surface area contributed by atoms with E-state index in [0.29, 0.717) is 18.3 Å². The maximum absolute atomic E-state index is 13.5. The van der Waals surface area contributed by atoms with E-state index in [1.54, 1.807) is 6.07 Å². The Labute approximate surface area is 146 Å². The molecule has 7 heteroatoms. The normalized spacial score (nSPS) is 25.2. The fraction of sp³-hybridized carbons (Fsp3) is 0.611. The molecule has 1 saturated carbocycles. The molecular weight excluding hydrogens is 328 g/mol. The van der Waals surface area contributed by atoms with Gasteiger partial charge in [-0.2, -0.15) is 0 Å². The van der Waals surface area contributed by atoms with Gasteiger partial charge in [0.05, 0.1) is 6.54 Å². The predicted molar refractivity (Wildman–Crippen MR) is 89.6 cm³/mol. The summed E-state index contributed by atoms with van der Waals surface area (Å²) in [6, 6.07) is 4.46. The standard InChI is InChI=1S/C18H23F2N3O2/c19-16-5-4-14(10-17(16)20)22-7-1-6-21(8-9-22)11-15-12-23(13-2-3-13)18(24)25-15/h4-5,10,13,15H,1-3,6-9,11-12H2. The summed E-state index contributed by atoms with van der Waals surface area (Å²) in [7, 11) is 0. The molecule has 1 aliphatic carbocycles. The predicted octanol–water partition coefficient (Wildman–Crippen LogP) is 2.46. The monoisotopic (exact) mass is 351 g/mol. The van der Waals surface area contributed by atoms with Crippen molar-refractivity contribution in [3.63, 3.8) is 0 Å². The highest BCUT2D eigenvalue weighted by Crippen LogP contribution is 2.31. The van der Waals surface area contributed by atoms with Crippen LogP contribution in [0.5, 0.6) is 0 Å². The van der Waals surface area contributed by atoms with Crippen molar-refractivity contribution in [2.45, 2.75) is 31.4 Å². The average Bonchev–Trinajstić information content (AvgIpc) is 3.38. The van der Waals surface area contributed by atoms with Gasteiger partial charge in [0.2, 0.25) is 0 Å². The lowest BCUT2D eigenvalue weighted by molar-refractivity contribution is 0.108. The van der Waals surface area contributed by atoms with E-state index in [-0.39, 0.29) is 12.2 Å². The molecule has 3 aliphatic rings. The first-order valence-electron chi connectivity index (χ1n) is 9.00. The van der Waals surface area contributed by atoms with Crippen molar-refractivity contribution >= 4 is 11.8 Å². The van der Waals surface area contributed by atoms with Gasteiger partial charge >= 0.3 is 6.09 Å². The van der Waals surface area contributed by atoms with Gasteiger partial charge in [0.15, 0.2) is 11.6 Å². The van der Waals surface area contributed by atoms with Gasteiger partial charge in [-0.15, -0.1) is 0 Å². The molecule has 0 spiro atoms. The van der Waals surface area contributed by atoms with Crippen molar-refractivity contribution in [1.82, 2.24) is 9.80 Å². The topological polar surface area (TPSA) is 36.0 Å². The van der Waals surface area contributed by atoms with Gasteiger partial charge in [0.1, 0.15) is 6.10 Å². The number of hydrogen-bond acceptors (Lipinski definition) is 4. The minimum Gasteiger partial charge on any atom is -0.443 e. The zero-order valence-electron chi connectivity index (χ0n) is 14.2. The van der Waals surface area contributed by atoms with Crippen LogP contribution < -0.4 is 4.90 Å². The Bertz CT molecular complexity index is 653. The number of hydrogen-bond donors (Lipinski definition) is 0. The smallest absolute Gasteiger partial charge is 0.410 e. The van der Waals surface area contributed by atoms with E-state index in [9.17, 15) is 13.6 Å². The lowest BCUT2D eigenvalue weighted by Crippen LogP contribution is -2.37. The minimum absolute atomic E-state index is 0.0667. The molecule has 0 aromatic heterocycles. The summed E-state index contributed by atoms with van der Waals surface area (Å²) in [5, 5.41) is 0. The second-order valence-corrected chi connectivity index (χ2v) is 7.13. The number of amides is 1. The number of benzene rings is 1. The van der Waals surface area contributed by atoms with Crippen molar-refractivity contribution in [1.29, 1.82) is 0 Å². The van der Waals surface area contributed by atoms with E-state index < -0.39 is 11.6 Å². The van der Waals surface area contributed by atoms with Crippen LogP contribution in [0.3, 0.4) is 0 Å². The molecule has 0 N–H and O–H groups in total. The molecule has 5 nitrogen and oxygen atoms in total. The van der Waals surface area contributed by atoms with Crippen LogP contribution in [0, 0.1) is 11.6 Å². The van der Waals surface area contributed by atoms with Crippen molar-refractivity contribution in [2.75, 3.05) is 44.2 Å². The summed E-state index contributed by atoms with van der Waals surface area (Å²) in [6.07, 6.45) is 2.88. The number of halogens is 2. The Morgan fingerprint density at radius 2 is 1.92 bits per heavy atom. The number of carbonyl (C=O) groups is 1. The first kappa shape index (κ1) is 16.6. The second-order valence-electron chi connectivity index (χ2n) is 7.13. The quantitative estimate of drug-likeness (QED) is 0.835. The van der Waals surface area contributed by atoms with E-state index in [4.69, 9.17) is 4.74 Å². The SMILES string of the molecule is O=C1OC(CN2CCCN(c3ccc(F)c(F)c3)CC2)CN1C1CC1. The first-order valence-corrected chi connectivity index (χ1v) is 9.00. The third-order valence-corrected chi connectivity index (χ3v) is 5.21. The number of ether oxygens (including phenoxy) is 1. The van der Waals surface area contributed by atoms with Gasteiger partial charge in [-0.3, -0.25) is 4.90 Å². The van der Waals surface area contributed by atoms with Crippen LogP contribution in [0.2, 0.25) is 0 Å². The Hall–Kier alpha value is -1.89. The summed E-state index contributed by atoms with van der Waals surface area (Å²) in [5.41, 5.74) is 0.716. The molecule has 1 aromatic carbocycles. The number of carbonyl (C=O) groups excluding carboxylic acids is 1. The van der Waals surface area contributed by atoms with Crippen LogP contribution in [0.15, 0.2) is 18.2 Å². The minimum atomic E-state index is -0.816. The second kappa shape index (κ2) is 6.78. The van der Waals surface area contributed by atoms with Gasteiger partial charge in [-0.25, -0.2) is 13.6 Å². The van der Waals surface area contributed by atoms with Crippen LogP contribution >= 0.6 is 0 Å². The van der Waals surface area contributed by atoms with Crippen molar-refractivity contribution in [2.24, 2.45) is 0 Å². The fourth-order valence-corrected chi connectivity index (χ4v) is 3.70. The summed E-state index contributed by atoms with van der Waals surface area (Å²) in [5.74, 6) is -1.62. The molecule has 2 saturated heterocycles. The molecule has 4 rings (SSSR count). The summed E-state index contributed by atoms with van der Waals surface area (Å²) < 4.78 is 32.1. The highest BCUT2D eigenvalue weighted by atomic mass is 19.2. The molecule has 1 amide bonds. The number of rotatable bonds is 4. The number of cyclic esters (lactones) is 1. The maximum atomic E-state index is 13.5. The van der Waals surface area contributed by atoms with Crippen LogP contribution in [-0.2, 0) is 4.74 Å². The molecule has 0 radical (unpaired) electrons. The molecular formula is C18H23F2N3O2. The van der Waals surface area contributed by atoms with Crippen molar-refractivity contribution in [3.8, 4) is 0 Å². The van der Waals surface area contributed by atoms with Crippen LogP contribution in [0.1, 0.15) is 19.3 Å². The summed E-state index contributed by atoms with van der Waals surface area (Å²) >= 11 is 0. The van der Waals surface area contributed by atoms with E-state index in [2.05, 4.69) is 9.80 Å². The van der Waals surface area contributed by atoms with Crippen molar-refractivity contribution in [3.05, 3.63) is 29.8 Å². The van der Waals surface area contributed by atoms with Gasteiger partial charge in [-0.05, 0) is 31.4 Å². The number of anilines is 1. The highest BCUT2D eigenvalue weighted by Gasteiger charge is 2.41. The van der Waals surface area contributed by atoms with Crippen LogP contribution in [0.4, 0.5) is 19.3 Å². The Morgan fingerprint density at radius 3 is 2.68 bits per heavy atom. The first-order chi connectivity index (χ1) is 12.1. The Morgan fingerprint density at radius 1 is 1.08 bits per heavy atom. The van der Waals surface area contributed by atoms with E-state index >= 15 is 0 Å². The van der Waals surface area contributed by atoms with Gasteiger partial charge < -0.3 is 14.5 Å².